The van der Waals surface area contributed by atoms with Crippen molar-refractivity contribution in [1.29, 1.82) is 0 Å². The zero-order chi connectivity index (χ0) is 21.9. The molecule has 0 fully saturated rings. The van der Waals surface area contributed by atoms with Crippen molar-refractivity contribution in [2.24, 2.45) is 0 Å². The van der Waals surface area contributed by atoms with Gasteiger partial charge < -0.3 is 4.74 Å². The molecule has 3 aromatic carbocycles. The number of nitrogens with one attached hydrogen (secondary N) is 2. The highest BCUT2D eigenvalue weighted by Crippen LogP contribution is 2.20. The maximum Gasteiger partial charge on any atom is 0.273 e. The van der Waals surface area contributed by atoms with Crippen LogP contribution in [0.2, 0.25) is 0 Å². The van der Waals surface area contributed by atoms with Gasteiger partial charge in [-0.3, -0.25) is 20.4 Å². The van der Waals surface area contributed by atoms with E-state index in [1.165, 1.54) is 6.42 Å². The first-order valence-corrected chi connectivity index (χ1v) is 10.7. The second kappa shape index (κ2) is 11.6. The van der Waals surface area contributed by atoms with Crippen LogP contribution in [0.4, 0.5) is 0 Å². The summed E-state index contributed by atoms with van der Waals surface area (Å²) in [6.45, 7) is 2.72. The summed E-state index contributed by atoms with van der Waals surface area (Å²) >= 11 is 0. The van der Waals surface area contributed by atoms with Crippen LogP contribution in [0.15, 0.2) is 78.9 Å². The number of carbonyl (C=O) groups excluding carboxylic acids is 2. The molecule has 0 saturated carbocycles. The number of amides is 2. The molecule has 0 radical (unpaired) electrons. The summed E-state index contributed by atoms with van der Waals surface area (Å²) in [6.07, 6.45) is 4.38. The fraction of sp³-hybridized carbons (Fsp3) is 0.231. The van der Waals surface area contributed by atoms with E-state index < -0.39 is 5.91 Å². The van der Waals surface area contributed by atoms with E-state index in [2.05, 4.69) is 17.8 Å². The lowest BCUT2D eigenvalue weighted by molar-refractivity contribution is 0.0844. The molecule has 0 aliphatic heterocycles. The van der Waals surface area contributed by atoms with E-state index in [-0.39, 0.29) is 5.91 Å². The van der Waals surface area contributed by atoms with Gasteiger partial charge >= 0.3 is 0 Å². The van der Waals surface area contributed by atoms with Crippen LogP contribution in [0, 0.1) is 0 Å². The molecule has 0 aromatic heterocycles. The quantitative estimate of drug-likeness (QED) is 0.363. The smallest absolute Gasteiger partial charge is 0.273 e. The summed E-state index contributed by atoms with van der Waals surface area (Å²) in [6, 6.07) is 24.2. The monoisotopic (exact) mass is 416 g/mol. The molecule has 5 heteroatoms. The van der Waals surface area contributed by atoms with Gasteiger partial charge in [0, 0.05) is 5.56 Å². The van der Waals surface area contributed by atoms with Crippen LogP contribution in [-0.4, -0.2) is 18.4 Å². The maximum absolute atomic E-state index is 12.6. The summed E-state index contributed by atoms with van der Waals surface area (Å²) in [7, 11) is 0. The van der Waals surface area contributed by atoms with E-state index in [4.69, 9.17) is 4.74 Å². The fourth-order valence-electron chi connectivity index (χ4n) is 3.19. The average Bonchev–Trinajstić information content (AvgIpc) is 2.83. The van der Waals surface area contributed by atoms with E-state index in [1.54, 1.807) is 30.3 Å². The Hall–Kier alpha value is -3.60. The first-order valence-electron chi connectivity index (χ1n) is 10.7. The Kier molecular flexibility index (Phi) is 8.23. The molecular formula is C26H28N2O3. The minimum Gasteiger partial charge on any atom is -0.493 e. The molecule has 31 heavy (non-hydrogen) atoms. The molecule has 0 aliphatic rings. The Morgan fingerprint density at radius 1 is 0.710 bits per heavy atom. The lowest BCUT2D eigenvalue weighted by Crippen LogP contribution is -2.41. The van der Waals surface area contributed by atoms with Crippen molar-refractivity contribution in [3.63, 3.8) is 0 Å². The van der Waals surface area contributed by atoms with Crippen LogP contribution in [-0.2, 0) is 0 Å². The lowest BCUT2D eigenvalue weighted by atomic mass is 10.0. The van der Waals surface area contributed by atoms with E-state index in [0.29, 0.717) is 23.5 Å². The van der Waals surface area contributed by atoms with Crippen molar-refractivity contribution in [3.05, 3.63) is 90.0 Å². The van der Waals surface area contributed by atoms with E-state index >= 15 is 0 Å². The van der Waals surface area contributed by atoms with Crippen LogP contribution < -0.4 is 15.6 Å². The van der Waals surface area contributed by atoms with E-state index in [1.807, 2.05) is 48.5 Å². The Balaban J connectivity index is 1.55. The predicted molar refractivity (Wildman–Crippen MR) is 123 cm³/mol. The number of hydrogen-bond donors (Lipinski definition) is 2. The van der Waals surface area contributed by atoms with Gasteiger partial charge in [0.1, 0.15) is 5.75 Å². The first kappa shape index (κ1) is 22.1. The van der Waals surface area contributed by atoms with Gasteiger partial charge in [-0.25, -0.2) is 0 Å². The number of ether oxygens (including phenoxy) is 1. The average molecular weight is 417 g/mol. The number of carbonyl (C=O) groups is 2. The number of rotatable bonds is 9. The van der Waals surface area contributed by atoms with Gasteiger partial charge in [0.15, 0.2) is 0 Å². The highest BCUT2D eigenvalue weighted by atomic mass is 16.5. The third-order valence-electron chi connectivity index (χ3n) is 4.93. The minimum atomic E-state index is -0.418. The first-order chi connectivity index (χ1) is 15.2. The Bertz CT molecular complexity index is 985. The van der Waals surface area contributed by atoms with Crippen molar-refractivity contribution >= 4 is 11.8 Å². The fourth-order valence-corrected chi connectivity index (χ4v) is 3.19. The zero-order valence-electron chi connectivity index (χ0n) is 17.8. The molecule has 0 unspecified atom stereocenters. The molecule has 0 atom stereocenters. The molecule has 2 N–H and O–H groups in total. The zero-order valence-corrected chi connectivity index (χ0v) is 17.8. The Morgan fingerprint density at radius 2 is 1.35 bits per heavy atom. The van der Waals surface area contributed by atoms with Gasteiger partial charge in [-0.1, -0.05) is 80.8 Å². The third-order valence-corrected chi connectivity index (χ3v) is 4.93. The molecular weight excluding hydrogens is 388 g/mol. The molecule has 3 rings (SSSR count). The van der Waals surface area contributed by atoms with Crippen LogP contribution in [0.25, 0.3) is 11.1 Å². The Morgan fingerprint density at radius 3 is 2.10 bits per heavy atom. The van der Waals surface area contributed by atoms with Crippen molar-refractivity contribution < 1.29 is 14.3 Å². The van der Waals surface area contributed by atoms with Crippen LogP contribution in [0.3, 0.4) is 0 Å². The minimum absolute atomic E-state index is 0.383. The predicted octanol–water partition coefficient (Wildman–Crippen LogP) is 5.39. The normalized spacial score (nSPS) is 10.4. The molecule has 0 saturated heterocycles. The second-order valence-corrected chi connectivity index (χ2v) is 7.26. The van der Waals surface area contributed by atoms with Crippen molar-refractivity contribution in [2.75, 3.05) is 6.61 Å². The Labute approximate surface area is 183 Å². The van der Waals surface area contributed by atoms with Crippen molar-refractivity contribution in [2.45, 2.75) is 32.6 Å². The summed E-state index contributed by atoms with van der Waals surface area (Å²) in [5.41, 5.74) is 7.89. The number of para-hydroxylation sites is 1. The summed E-state index contributed by atoms with van der Waals surface area (Å²) < 4.78 is 5.78. The molecule has 3 aromatic rings. The van der Waals surface area contributed by atoms with Gasteiger partial charge in [0.25, 0.3) is 11.8 Å². The van der Waals surface area contributed by atoms with Crippen LogP contribution in [0.1, 0.15) is 53.3 Å². The second-order valence-electron chi connectivity index (χ2n) is 7.26. The van der Waals surface area contributed by atoms with Gasteiger partial charge in [-0.15, -0.1) is 0 Å². The number of unbranched alkanes of at least 4 members (excludes halogenated alkanes) is 3. The van der Waals surface area contributed by atoms with E-state index in [0.717, 1.165) is 30.4 Å². The largest absolute Gasteiger partial charge is 0.493 e. The molecule has 0 spiro atoms. The standard InChI is InChI=1S/C26H28N2O3/c1-2-3-4-10-19-31-24-14-9-8-13-23(24)26(30)28-27-25(29)22-17-15-21(16-18-22)20-11-6-5-7-12-20/h5-9,11-18H,2-4,10,19H2,1H3,(H,27,29)(H,28,30). The SMILES string of the molecule is CCCCCCOc1ccccc1C(=O)NNC(=O)c1ccc(-c2ccccc2)cc1. The van der Waals surface area contributed by atoms with Crippen LogP contribution in [0.5, 0.6) is 5.75 Å². The summed E-state index contributed by atoms with van der Waals surface area (Å²) in [5, 5.41) is 0. The summed E-state index contributed by atoms with van der Waals surface area (Å²) in [4.78, 5) is 25.0. The van der Waals surface area contributed by atoms with E-state index in [9.17, 15) is 9.59 Å². The number of benzene rings is 3. The molecule has 160 valence electrons. The van der Waals surface area contributed by atoms with Gasteiger partial charge in [-0.2, -0.15) is 0 Å². The van der Waals surface area contributed by atoms with Gasteiger partial charge in [0.05, 0.1) is 12.2 Å². The highest BCUT2D eigenvalue weighted by molar-refractivity contribution is 6.00. The van der Waals surface area contributed by atoms with Crippen molar-refractivity contribution in [3.8, 4) is 16.9 Å². The maximum atomic E-state index is 12.6. The number of hydrazine groups is 1. The molecule has 5 nitrogen and oxygen atoms in total. The summed E-state index contributed by atoms with van der Waals surface area (Å²) in [5.74, 6) is -0.290. The lowest BCUT2D eigenvalue weighted by Gasteiger charge is -2.12. The third kappa shape index (κ3) is 6.44. The molecule has 2 amide bonds. The highest BCUT2D eigenvalue weighted by Gasteiger charge is 2.14. The van der Waals surface area contributed by atoms with Gasteiger partial charge in [0.2, 0.25) is 0 Å². The molecule has 0 aliphatic carbocycles. The van der Waals surface area contributed by atoms with Crippen molar-refractivity contribution in [1.82, 2.24) is 10.9 Å². The molecule has 0 heterocycles. The van der Waals surface area contributed by atoms with Gasteiger partial charge in [-0.05, 0) is 41.8 Å². The number of hydrogen-bond acceptors (Lipinski definition) is 3. The topological polar surface area (TPSA) is 67.4 Å². The molecule has 0 bridgehead atoms. The van der Waals surface area contributed by atoms with Crippen LogP contribution >= 0.6 is 0 Å².